The Hall–Kier alpha value is -3.48. The van der Waals surface area contributed by atoms with Gasteiger partial charge in [-0.2, -0.15) is 0 Å². The minimum atomic E-state index is -0.824. The molecule has 0 saturated heterocycles. The van der Waals surface area contributed by atoms with Crippen LogP contribution >= 0.6 is 0 Å². The van der Waals surface area contributed by atoms with Crippen molar-refractivity contribution in [3.05, 3.63) is 85.7 Å². The van der Waals surface area contributed by atoms with Crippen molar-refractivity contribution in [2.24, 2.45) is 0 Å². The number of rotatable bonds is 5. The van der Waals surface area contributed by atoms with Gasteiger partial charge in [-0.1, -0.05) is 37.3 Å². The Kier molecular flexibility index (Phi) is 5.03. The molecular formula is C20H18N2O5. The van der Waals surface area contributed by atoms with E-state index in [4.69, 9.17) is 0 Å². The van der Waals surface area contributed by atoms with Gasteiger partial charge in [-0.25, -0.2) is 4.79 Å². The van der Waals surface area contributed by atoms with E-state index >= 15 is 0 Å². The van der Waals surface area contributed by atoms with E-state index in [2.05, 4.69) is 4.74 Å². The Balaban J connectivity index is 2.26. The summed E-state index contributed by atoms with van der Waals surface area (Å²) in [6.45, 7) is 2.23. The average molecular weight is 366 g/mol. The van der Waals surface area contributed by atoms with E-state index in [-0.39, 0.29) is 23.2 Å². The van der Waals surface area contributed by atoms with Crippen molar-refractivity contribution in [2.45, 2.75) is 19.9 Å². The van der Waals surface area contributed by atoms with Crippen molar-refractivity contribution < 1.29 is 14.5 Å². The van der Waals surface area contributed by atoms with Crippen LogP contribution < -0.4 is 5.56 Å². The summed E-state index contributed by atoms with van der Waals surface area (Å²) in [7, 11) is 1.17. The smallest absolute Gasteiger partial charge is 0.343 e. The molecule has 0 bridgehead atoms. The lowest BCUT2D eigenvalue weighted by Crippen LogP contribution is -2.28. The number of carbonyl (C=O) groups is 1. The summed E-state index contributed by atoms with van der Waals surface area (Å²) in [4.78, 5) is 35.8. The molecule has 1 aromatic heterocycles. The van der Waals surface area contributed by atoms with Crippen LogP contribution in [0.1, 0.15) is 28.4 Å². The molecule has 0 unspecified atom stereocenters. The van der Waals surface area contributed by atoms with Crippen molar-refractivity contribution in [2.75, 3.05) is 7.11 Å². The molecule has 0 N–H and O–H groups in total. The lowest BCUT2D eigenvalue weighted by atomic mass is 10.1. The van der Waals surface area contributed by atoms with Crippen LogP contribution in [0.2, 0.25) is 0 Å². The largest absolute Gasteiger partial charge is 0.465 e. The van der Waals surface area contributed by atoms with Gasteiger partial charge in [-0.05, 0) is 29.7 Å². The second-order valence-corrected chi connectivity index (χ2v) is 6.08. The molecule has 0 saturated carbocycles. The van der Waals surface area contributed by atoms with E-state index < -0.39 is 16.5 Å². The van der Waals surface area contributed by atoms with Gasteiger partial charge in [0, 0.05) is 6.07 Å². The number of ether oxygens (including phenoxy) is 1. The minimum Gasteiger partial charge on any atom is -0.465 e. The Morgan fingerprint density at radius 1 is 1.15 bits per heavy atom. The average Bonchev–Trinajstić information content (AvgIpc) is 2.69. The fourth-order valence-corrected chi connectivity index (χ4v) is 3.02. The summed E-state index contributed by atoms with van der Waals surface area (Å²) < 4.78 is 6.05. The molecule has 0 radical (unpaired) electrons. The molecule has 1 heterocycles. The third-order valence-corrected chi connectivity index (χ3v) is 4.49. The van der Waals surface area contributed by atoms with E-state index in [9.17, 15) is 19.7 Å². The van der Waals surface area contributed by atoms with Crippen molar-refractivity contribution in [3.8, 4) is 0 Å². The summed E-state index contributed by atoms with van der Waals surface area (Å²) >= 11 is 0. The highest BCUT2D eigenvalue weighted by Crippen LogP contribution is 2.26. The highest BCUT2D eigenvalue weighted by Gasteiger charge is 2.21. The predicted octanol–water partition coefficient (Wildman–Crippen LogP) is 3.31. The Bertz CT molecular complexity index is 1080. The normalized spacial score (nSPS) is 10.7. The van der Waals surface area contributed by atoms with E-state index in [1.807, 2.05) is 31.2 Å². The zero-order chi connectivity index (χ0) is 19.6. The van der Waals surface area contributed by atoms with Crippen LogP contribution in [0.15, 0.2) is 53.3 Å². The van der Waals surface area contributed by atoms with Gasteiger partial charge >= 0.3 is 5.97 Å². The number of methoxy groups -OCH3 is 1. The second kappa shape index (κ2) is 7.41. The minimum absolute atomic E-state index is 0.173. The molecular weight excluding hydrogens is 348 g/mol. The third-order valence-electron chi connectivity index (χ3n) is 4.49. The number of aromatic nitrogens is 1. The van der Waals surface area contributed by atoms with Gasteiger partial charge in [-0.3, -0.25) is 14.9 Å². The molecule has 0 aliphatic heterocycles. The van der Waals surface area contributed by atoms with Crippen LogP contribution in [0.5, 0.6) is 0 Å². The Morgan fingerprint density at radius 2 is 1.81 bits per heavy atom. The van der Waals surface area contributed by atoms with Crippen LogP contribution in [0.4, 0.5) is 5.69 Å². The number of hydrogen-bond acceptors (Lipinski definition) is 5. The van der Waals surface area contributed by atoms with Crippen LogP contribution in [0.3, 0.4) is 0 Å². The molecule has 7 nitrogen and oxygen atoms in total. The predicted molar refractivity (Wildman–Crippen MR) is 101 cm³/mol. The summed E-state index contributed by atoms with van der Waals surface area (Å²) in [5.41, 5.74) is 1.45. The number of aryl methyl sites for hydroxylation is 1. The number of nitro groups is 1. The van der Waals surface area contributed by atoms with E-state index in [0.29, 0.717) is 5.52 Å². The van der Waals surface area contributed by atoms with Gasteiger partial charge in [-0.15, -0.1) is 0 Å². The molecule has 3 aromatic rings. The number of non-ortho nitro benzene ring substituents is 1. The van der Waals surface area contributed by atoms with Crippen molar-refractivity contribution in [1.29, 1.82) is 0 Å². The summed E-state index contributed by atoms with van der Waals surface area (Å²) in [5.74, 6) is -0.824. The first-order valence-electron chi connectivity index (χ1n) is 8.43. The lowest BCUT2D eigenvalue weighted by Gasteiger charge is -2.13. The third kappa shape index (κ3) is 3.44. The number of pyridine rings is 1. The number of esters is 1. The maximum atomic E-state index is 12.9. The van der Waals surface area contributed by atoms with Crippen LogP contribution in [-0.2, 0) is 17.7 Å². The molecule has 7 heteroatoms. The molecule has 0 spiro atoms. The van der Waals surface area contributed by atoms with Crippen LogP contribution in [0.25, 0.3) is 10.9 Å². The van der Waals surface area contributed by atoms with Gasteiger partial charge < -0.3 is 9.30 Å². The van der Waals surface area contributed by atoms with Crippen molar-refractivity contribution in [3.63, 3.8) is 0 Å². The van der Waals surface area contributed by atoms with Crippen molar-refractivity contribution >= 4 is 22.6 Å². The molecule has 0 aliphatic carbocycles. The number of fused-ring (bicyclic) bond motifs is 1. The maximum absolute atomic E-state index is 12.9. The number of carbonyl (C=O) groups excluding carboxylic acids is 1. The molecule has 0 amide bonds. The zero-order valence-electron chi connectivity index (χ0n) is 15.0. The standard InChI is InChI=1S/C20H18N2O5/c1-3-13-7-9-14(10-8-13)12-21-17-5-4-6-18(22(25)26)15(17)11-16(19(21)23)20(24)27-2/h4-11H,3,12H2,1-2H3. The highest BCUT2D eigenvalue weighted by molar-refractivity contribution is 5.96. The Morgan fingerprint density at radius 3 is 2.41 bits per heavy atom. The quantitative estimate of drug-likeness (QED) is 0.392. The first-order chi connectivity index (χ1) is 13.0. The van der Waals surface area contributed by atoms with E-state index in [1.165, 1.54) is 29.9 Å². The number of nitro benzene ring substituents is 1. The van der Waals surface area contributed by atoms with Gasteiger partial charge in [0.25, 0.3) is 11.2 Å². The zero-order valence-corrected chi connectivity index (χ0v) is 15.0. The number of nitrogens with zero attached hydrogens (tertiary/aromatic N) is 2. The molecule has 0 fully saturated rings. The number of hydrogen-bond donors (Lipinski definition) is 0. The summed E-state index contributed by atoms with van der Waals surface area (Å²) in [5, 5.41) is 11.6. The fourth-order valence-electron chi connectivity index (χ4n) is 3.02. The molecule has 27 heavy (non-hydrogen) atoms. The monoisotopic (exact) mass is 366 g/mol. The van der Waals surface area contributed by atoms with Crippen molar-refractivity contribution in [1.82, 2.24) is 4.57 Å². The molecule has 0 aliphatic rings. The van der Waals surface area contributed by atoms with Gasteiger partial charge in [0.1, 0.15) is 5.56 Å². The number of benzene rings is 2. The van der Waals surface area contributed by atoms with Crippen LogP contribution in [0, 0.1) is 10.1 Å². The fraction of sp³-hybridized carbons (Fsp3) is 0.200. The lowest BCUT2D eigenvalue weighted by molar-refractivity contribution is -0.383. The Labute approximate surface area is 155 Å². The SMILES string of the molecule is CCc1ccc(Cn2c(=O)c(C(=O)OC)cc3c([N+](=O)[O-])cccc32)cc1. The molecule has 3 rings (SSSR count). The van der Waals surface area contributed by atoms with Gasteiger partial charge in [0.05, 0.1) is 29.5 Å². The van der Waals surface area contributed by atoms with E-state index in [1.54, 1.807) is 6.07 Å². The summed E-state index contributed by atoms with van der Waals surface area (Å²) in [6, 6.07) is 13.5. The van der Waals surface area contributed by atoms with Gasteiger partial charge in [0.2, 0.25) is 0 Å². The molecule has 2 aromatic carbocycles. The van der Waals surface area contributed by atoms with E-state index in [0.717, 1.165) is 17.5 Å². The first-order valence-corrected chi connectivity index (χ1v) is 8.43. The maximum Gasteiger partial charge on any atom is 0.343 e. The molecule has 138 valence electrons. The van der Waals surface area contributed by atoms with Gasteiger partial charge in [0.15, 0.2) is 0 Å². The first kappa shape index (κ1) is 18.3. The summed E-state index contributed by atoms with van der Waals surface area (Å²) in [6.07, 6.45) is 0.896. The highest BCUT2D eigenvalue weighted by atomic mass is 16.6. The topological polar surface area (TPSA) is 91.4 Å². The molecule has 0 atom stereocenters. The van der Waals surface area contributed by atoms with Crippen LogP contribution in [-0.4, -0.2) is 22.6 Å². The second-order valence-electron chi connectivity index (χ2n) is 6.08.